The fourth-order valence-corrected chi connectivity index (χ4v) is 7.51. The van der Waals surface area contributed by atoms with Crippen LogP contribution in [0.3, 0.4) is 0 Å². The first-order chi connectivity index (χ1) is 10.8. The van der Waals surface area contributed by atoms with Gasteiger partial charge in [0.15, 0.2) is 0 Å². The van der Waals surface area contributed by atoms with Crippen molar-refractivity contribution in [3.8, 4) is 0 Å². The van der Waals surface area contributed by atoms with Gasteiger partial charge in [-0.3, -0.25) is 4.79 Å². The van der Waals surface area contributed by atoms with Gasteiger partial charge >= 0.3 is 5.97 Å². The molecule has 4 aliphatic rings. The van der Waals surface area contributed by atoms with E-state index in [2.05, 4.69) is 20.8 Å². The normalized spacial score (nSPS) is 51.2. The van der Waals surface area contributed by atoms with Crippen LogP contribution in [0.5, 0.6) is 0 Å². The maximum atomic E-state index is 12.4. The Balaban J connectivity index is 1.76. The van der Waals surface area contributed by atoms with E-state index < -0.39 is 0 Å². The fourth-order valence-electron chi connectivity index (χ4n) is 7.51. The van der Waals surface area contributed by atoms with Crippen molar-refractivity contribution in [3.05, 3.63) is 0 Å². The molecule has 0 amide bonds. The van der Waals surface area contributed by atoms with E-state index in [1.807, 2.05) is 0 Å². The van der Waals surface area contributed by atoms with Crippen LogP contribution >= 0.6 is 0 Å². The molecule has 4 fully saturated rings. The highest BCUT2D eigenvalue weighted by Crippen LogP contribution is 2.69. The largest absolute Gasteiger partial charge is 0.465 e. The van der Waals surface area contributed by atoms with Crippen LogP contribution in [0.25, 0.3) is 0 Å². The highest BCUT2D eigenvalue weighted by Gasteiger charge is 2.66. The minimum absolute atomic E-state index is 0.0202. The van der Waals surface area contributed by atoms with E-state index in [9.17, 15) is 9.59 Å². The molecule has 128 valence electrons. The first-order valence-electron chi connectivity index (χ1n) is 9.48. The standard InChI is InChI=1S/C20H30O3/c1-18(2)8-4-9-19(3)15(18)7-10-20(12-21)14-11-23-17(22)13(14)5-6-16(19)20/h12-16H,4-11H2,1-3H3/t13-,14-,15+,16-,19+,20-/m1/s1. The van der Waals surface area contributed by atoms with Crippen LogP contribution in [-0.4, -0.2) is 18.9 Å². The van der Waals surface area contributed by atoms with E-state index in [0.29, 0.717) is 23.9 Å². The maximum Gasteiger partial charge on any atom is 0.309 e. The van der Waals surface area contributed by atoms with Crippen molar-refractivity contribution in [2.75, 3.05) is 6.61 Å². The predicted molar refractivity (Wildman–Crippen MR) is 87.6 cm³/mol. The molecule has 0 aromatic heterocycles. The summed E-state index contributed by atoms with van der Waals surface area (Å²) in [5.74, 6) is 1.20. The lowest BCUT2D eigenvalue weighted by Crippen LogP contribution is -2.61. The number of aldehydes is 1. The van der Waals surface area contributed by atoms with Gasteiger partial charge in [0.1, 0.15) is 6.29 Å². The van der Waals surface area contributed by atoms with Crippen LogP contribution in [0.2, 0.25) is 0 Å². The Labute approximate surface area is 139 Å². The molecule has 3 nitrogen and oxygen atoms in total. The van der Waals surface area contributed by atoms with Crippen molar-refractivity contribution < 1.29 is 14.3 Å². The van der Waals surface area contributed by atoms with Gasteiger partial charge in [0.05, 0.1) is 12.5 Å². The predicted octanol–water partition coefficient (Wildman–Crippen LogP) is 4.00. The van der Waals surface area contributed by atoms with Crippen LogP contribution in [0.15, 0.2) is 0 Å². The molecule has 0 radical (unpaired) electrons. The number of carbonyl (C=O) groups excluding carboxylic acids is 2. The molecule has 3 saturated carbocycles. The van der Waals surface area contributed by atoms with Crippen LogP contribution in [-0.2, 0) is 14.3 Å². The molecule has 0 bridgehead atoms. The molecule has 0 spiro atoms. The summed E-state index contributed by atoms with van der Waals surface area (Å²) in [7, 11) is 0. The van der Waals surface area contributed by atoms with Gasteiger partial charge in [-0.2, -0.15) is 0 Å². The second-order valence-electron chi connectivity index (χ2n) is 9.64. The molecule has 23 heavy (non-hydrogen) atoms. The van der Waals surface area contributed by atoms with Crippen LogP contribution in [0.1, 0.15) is 65.7 Å². The Morgan fingerprint density at radius 1 is 1.04 bits per heavy atom. The Morgan fingerprint density at radius 3 is 2.57 bits per heavy atom. The topological polar surface area (TPSA) is 43.4 Å². The molecule has 0 aromatic rings. The Kier molecular flexibility index (Phi) is 3.29. The van der Waals surface area contributed by atoms with Gasteiger partial charge in [-0.25, -0.2) is 0 Å². The third kappa shape index (κ3) is 1.88. The summed E-state index contributed by atoms with van der Waals surface area (Å²) in [6.07, 6.45) is 9.12. The molecular formula is C20H30O3. The number of esters is 1. The Bertz CT molecular complexity index is 539. The number of hydrogen-bond donors (Lipinski definition) is 0. The summed E-state index contributed by atoms with van der Waals surface area (Å²) in [5, 5.41) is 0. The highest BCUT2D eigenvalue weighted by atomic mass is 16.5. The van der Waals surface area contributed by atoms with E-state index in [4.69, 9.17) is 4.74 Å². The zero-order chi connectivity index (χ0) is 16.5. The van der Waals surface area contributed by atoms with Gasteiger partial charge in [0.25, 0.3) is 0 Å². The minimum Gasteiger partial charge on any atom is -0.465 e. The maximum absolute atomic E-state index is 12.4. The van der Waals surface area contributed by atoms with Gasteiger partial charge in [-0.05, 0) is 61.2 Å². The Morgan fingerprint density at radius 2 is 1.83 bits per heavy atom. The summed E-state index contributed by atoms with van der Waals surface area (Å²) in [6.45, 7) is 7.79. The van der Waals surface area contributed by atoms with Crippen molar-refractivity contribution in [3.63, 3.8) is 0 Å². The van der Waals surface area contributed by atoms with Crippen LogP contribution in [0, 0.1) is 39.9 Å². The summed E-state index contributed by atoms with van der Waals surface area (Å²) in [4.78, 5) is 24.4. The quantitative estimate of drug-likeness (QED) is 0.542. The fraction of sp³-hybridized carbons (Fsp3) is 0.900. The molecule has 0 N–H and O–H groups in total. The zero-order valence-electron chi connectivity index (χ0n) is 14.8. The average molecular weight is 318 g/mol. The lowest BCUT2D eigenvalue weighted by Gasteiger charge is -2.64. The molecular weight excluding hydrogens is 288 g/mol. The van der Waals surface area contributed by atoms with Gasteiger partial charge in [-0.1, -0.05) is 27.2 Å². The first-order valence-corrected chi connectivity index (χ1v) is 9.48. The van der Waals surface area contributed by atoms with Gasteiger partial charge in [0, 0.05) is 11.3 Å². The monoisotopic (exact) mass is 318 g/mol. The highest BCUT2D eigenvalue weighted by molar-refractivity contribution is 5.77. The van der Waals surface area contributed by atoms with Crippen molar-refractivity contribution in [2.24, 2.45) is 39.9 Å². The van der Waals surface area contributed by atoms with Gasteiger partial charge < -0.3 is 9.53 Å². The van der Waals surface area contributed by atoms with Crippen molar-refractivity contribution >= 4 is 12.3 Å². The molecule has 1 saturated heterocycles. The molecule has 3 heteroatoms. The number of fused-ring (bicyclic) bond motifs is 5. The molecule has 6 atom stereocenters. The lowest BCUT2D eigenvalue weighted by molar-refractivity contribution is -0.177. The summed E-state index contributed by atoms with van der Waals surface area (Å²) < 4.78 is 5.39. The molecule has 0 aromatic carbocycles. The molecule has 4 rings (SSSR count). The minimum atomic E-state index is -0.312. The van der Waals surface area contributed by atoms with Crippen molar-refractivity contribution in [1.82, 2.24) is 0 Å². The van der Waals surface area contributed by atoms with Crippen molar-refractivity contribution in [1.29, 1.82) is 0 Å². The summed E-state index contributed by atoms with van der Waals surface area (Å²) >= 11 is 0. The van der Waals surface area contributed by atoms with Crippen molar-refractivity contribution in [2.45, 2.75) is 65.7 Å². The zero-order valence-corrected chi connectivity index (χ0v) is 14.8. The third-order valence-corrected chi connectivity index (χ3v) is 8.46. The summed E-state index contributed by atoms with van der Waals surface area (Å²) in [6, 6.07) is 0. The second-order valence-corrected chi connectivity index (χ2v) is 9.64. The van der Waals surface area contributed by atoms with E-state index in [1.54, 1.807) is 0 Å². The van der Waals surface area contributed by atoms with E-state index in [1.165, 1.54) is 25.5 Å². The number of carbonyl (C=O) groups is 2. The van der Waals surface area contributed by atoms with Crippen LogP contribution < -0.4 is 0 Å². The van der Waals surface area contributed by atoms with Gasteiger partial charge in [-0.15, -0.1) is 0 Å². The third-order valence-electron chi connectivity index (χ3n) is 8.46. The van der Waals surface area contributed by atoms with Crippen LogP contribution in [0.4, 0.5) is 0 Å². The number of rotatable bonds is 1. The molecule has 0 unspecified atom stereocenters. The number of cyclic esters (lactones) is 1. The van der Waals surface area contributed by atoms with Gasteiger partial charge in [0.2, 0.25) is 0 Å². The SMILES string of the molecule is CC1(C)CCC[C@]2(C)[C@H]3CC[C@H]4C(=O)OC[C@H]4[C@]3(C=O)CC[C@@H]12. The van der Waals surface area contributed by atoms with E-state index in [-0.39, 0.29) is 28.6 Å². The lowest BCUT2D eigenvalue weighted by atomic mass is 9.39. The average Bonchev–Trinajstić information content (AvgIpc) is 2.88. The Hall–Kier alpha value is -0.860. The number of hydrogen-bond acceptors (Lipinski definition) is 3. The van der Waals surface area contributed by atoms with E-state index in [0.717, 1.165) is 25.7 Å². The summed E-state index contributed by atoms with van der Waals surface area (Å²) in [5.41, 5.74) is 0.312. The molecule has 1 heterocycles. The smallest absolute Gasteiger partial charge is 0.309 e. The molecule has 3 aliphatic carbocycles. The van der Waals surface area contributed by atoms with E-state index >= 15 is 0 Å². The first kappa shape index (κ1) is 15.7. The second kappa shape index (κ2) is 4.83. The number of ether oxygens (including phenoxy) is 1. The molecule has 1 aliphatic heterocycles.